The highest BCUT2D eigenvalue weighted by atomic mass is 16.5. The van der Waals surface area contributed by atoms with Crippen LogP contribution >= 0.6 is 0 Å². The minimum absolute atomic E-state index is 0.111. The van der Waals surface area contributed by atoms with E-state index in [0.717, 1.165) is 17.1 Å². The molecule has 0 bridgehead atoms. The minimum atomic E-state index is 0.111. The second-order valence-corrected chi connectivity index (χ2v) is 4.00. The first-order chi connectivity index (χ1) is 8.80. The van der Waals surface area contributed by atoms with Gasteiger partial charge in [-0.25, -0.2) is 0 Å². The van der Waals surface area contributed by atoms with E-state index in [4.69, 9.17) is 15.2 Å². The Bertz CT molecular complexity index is 495. The summed E-state index contributed by atoms with van der Waals surface area (Å²) in [5, 5.41) is 0. The van der Waals surface area contributed by atoms with Gasteiger partial charge in [0.05, 0.1) is 20.3 Å². The minimum Gasteiger partial charge on any atom is -0.493 e. The summed E-state index contributed by atoms with van der Waals surface area (Å²) < 4.78 is 12.6. The molecule has 1 atom stereocenters. The third-order valence-electron chi connectivity index (χ3n) is 3.00. The van der Waals surface area contributed by atoms with Crippen molar-refractivity contribution in [2.75, 3.05) is 20.8 Å². The van der Waals surface area contributed by atoms with Gasteiger partial charge in [-0.2, -0.15) is 0 Å². The number of rotatable bonds is 5. The monoisotopic (exact) mass is 246 g/mol. The van der Waals surface area contributed by atoms with Crippen LogP contribution in [0, 0.1) is 0 Å². The number of nitrogens with two attached hydrogens (primary N) is 1. The summed E-state index contributed by atoms with van der Waals surface area (Å²) in [5.74, 6) is 1.45. The van der Waals surface area contributed by atoms with Crippen molar-refractivity contribution in [2.45, 2.75) is 6.04 Å². The second-order valence-electron chi connectivity index (χ2n) is 4.00. The average Bonchev–Trinajstić information content (AvgIpc) is 2.93. The maximum absolute atomic E-state index is 5.87. The van der Waals surface area contributed by atoms with Gasteiger partial charge in [-0.3, -0.25) is 0 Å². The van der Waals surface area contributed by atoms with E-state index in [9.17, 15) is 0 Å². The van der Waals surface area contributed by atoms with Gasteiger partial charge >= 0.3 is 0 Å². The number of benzene rings is 1. The lowest BCUT2D eigenvalue weighted by Gasteiger charge is -2.19. The third kappa shape index (κ3) is 2.33. The van der Waals surface area contributed by atoms with Crippen molar-refractivity contribution in [2.24, 2.45) is 5.73 Å². The van der Waals surface area contributed by atoms with Crippen LogP contribution in [0.4, 0.5) is 0 Å². The van der Waals surface area contributed by atoms with Gasteiger partial charge in [-0.15, -0.1) is 0 Å². The van der Waals surface area contributed by atoms with Crippen molar-refractivity contribution in [3.05, 3.63) is 48.3 Å². The highest BCUT2D eigenvalue weighted by Gasteiger charge is 2.13. The summed E-state index contributed by atoms with van der Waals surface area (Å²) in [6, 6.07) is 9.97. The van der Waals surface area contributed by atoms with Crippen LogP contribution in [-0.2, 0) is 0 Å². The summed E-state index contributed by atoms with van der Waals surface area (Å²) >= 11 is 0. The molecule has 0 saturated carbocycles. The molecule has 0 spiro atoms. The first-order valence-corrected chi connectivity index (χ1v) is 5.84. The summed E-state index contributed by atoms with van der Waals surface area (Å²) in [6.07, 6.45) is 4.02. The number of ether oxygens (including phenoxy) is 2. The lowest BCUT2D eigenvalue weighted by Crippen LogP contribution is -2.19. The van der Waals surface area contributed by atoms with Gasteiger partial charge in [-0.1, -0.05) is 6.07 Å². The molecule has 2 rings (SSSR count). The van der Waals surface area contributed by atoms with Crippen molar-refractivity contribution in [3.63, 3.8) is 0 Å². The first-order valence-electron chi connectivity index (χ1n) is 5.84. The smallest absolute Gasteiger partial charge is 0.161 e. The first kappa shape index (κ1) is 12.5. The molecule has 0 aliphatic rings. The highest BCUT2D eigenvalue weighted by Crippen LogP contribution is 2.30. The fourth-order valence-electron chi connectivity index (χ4n) is 2.05. The fraction of sp³-hybridized carbons (Fsp3) is 0.286. The van der Waals surface area contributed by atoms with Crippen molar-refractivity contribution < 1.29 is 9.47 Å². The van der Waals surface area contributed by atoms with Gasteiger partial charge in [0.2, 0.25) is 0 Å². The number of methoxy groups -OCH3 is 2. The molecule has 4 nitrogen and oxygen atoms in total. The van der Waals surface area contributed by atoms with Crippen LogP contribution in [0.5, 0.6) is 11.5 Å². The zero-order valence-electron chi connectivity index (χ0n) is 10.7. The molecule has 96 valence electrons. The molecule has 1 unspecified atom stereocenters. The summed E-state index contributed by atoms with van der Waals surface area (Å²) in [5.41, 5.74) is 6.97. The molecule has 1 heterocycles. The van der Waals surface area contributed by atoms with Gasteiger partial charge < -0.3 is 19.8 Å². The van der Waals surface area contributed by atoms with E-state index in [1.54, 1.807) is 14.2 Å². The van der Waals surface area contributed by atoms with Crippen LogP contribution in [0.15, 0.2) is 42.7 Å². The number of hydrogen-bond donors (Lipinski definition) is 1. The summed E-state index contributed by atoms with van der Waals surface area (Å²) in [4.78, 5) is 0. The van der Waals surface area contributed by atoms with Crippen LogP contribution in [0.1, 0.15) is 11.6 Å². The Morgan fingerprint density at radius 2 is 1.78 bits per heavy atom. The fourth-order valence-corrected chi connectivity index (χ4v) is 2.05. The Balaban J connectivity index is 2.37. The van der Waals surface area contributed by atoms with Gasteiger partial charge in [0.1, 0.15) is 0 Å². The Morgan fingerprint density at radius 1 is 1.11 bits per heavy atom. The summed E-state index contributed by atoms with van der Waals surface area (Å²) in [6.45, 7) is 0.532. The van der Waals surface area contributed by atoms with Crippen molar-refractivity contribution in [1.29, 1.82) is 0 Å². The predicted molar refractivity (Wildman–Crippen MR) is 71.2 cm³/mol. The SMILES string of the molecule is COc1ccc(C(CN)n2cccc2)cc1OC. The molecular weight excluding hydrogens is 228 g/mol. The summed E-state index contributed by atoms with van der Waals surface area (Å²) in [7, 11) is 3.26. The van der Waals surface area contributed by atoms with E-state index in [1.165, 1.54) is 0 Å². The average molecular weight is 246 g/mol. The normalized spacial score (nSPS) is 12.2. The number of hydrogen-bond acceptors (Lipinski definition) is 3. The zero-order valence-corrected chi connectivity index (χ0v) is 10.7. The highest BCUT2D eigenvalue weighted by molar-refractivity contribution is 5.44. The molecule has 4 heteroatoms. The molecular formula is C14H18N2O2. The Hall–Kier alpha value is -1.94. The maximum atomic E-state index is 5.87. The maximum Gasteiger partial charge on any atom is 0.161 e. The Labute approximate surface area is 107 Å². The molecule has 1 aromatic heterocycles. The van der Waals surface area contributed by atoms with E-state index >= 15 is 0 Å². The molecule has 0 aliphatic heterocycles. The van der Waals surface area contributed by atoms with E-state index < -0.39 is 0 Å². The quantitative estimate of drug-likeness (QED) is 0.878. The van der Waals surface area contributed by atoms with Crippen molar-refractivity contribution in [3.8, 4) is 11.5 Å². The van der Waals surface area contributed by atoms with Crippen LogP contribution in [0.3, 0.4) is 0 Å². The molecule has 1 aromatic carbocycles. The standard InChI is InChI=1S/C14H18N2O2/c1-17-13-6-5-11(9-14(13)18-2)12(10-15)16-7-3-4-8-16/h3-9,12H,10,15H2,1-2H3. The van der Waals surface area contributed by atoms with E-state index in [0.29, 0.717) is 6.54 Å². The van der Waals surface area contributed by atoms with Gasteiger partial charge in [0, 0.05) is 18.9 Å². The number of aromatic nitrogens is 1. The van der Waals surface area contributed by atoms with E-state index in [2.05, 4.69) is 4.57 Å². The Morgan fingerprint density at radius 3 is 2.33 bits per heavy atom. The molecule has 0 amide bonds. The number of nitrogens with zero attached hydrogens (tertiary/aromatic N) is 1. The molecule has 0 aliphatic carbocycles. The Kier molecular flexibility index (Phi) is 3.89. The molecule has 0 saturated heterocycles. The van der Waals surface area contributed by atoms with E-state index in [1.807, 2.05) is 42.7 Å². The topological polar surface area (TPSA) is 49.4 Å². The molecule has 18 heavy (non-hydrogen) atoms. The molecule has 0 fully saturated rings. The van der Waals surface area contributed by atoms with Crippen LogP contribution in [0.25, 0.3) is 0 Å². The van der Waals surface area contributed by atoms with Crippen molar-refractivity contribution in [1.82, 2.24) is 4.57 Å². The third-order valence-corrected chi connectivity index (χ3v) is 3.00. The predicted octanol–water partition coefficient (Wildman–Crippen LogP) is 2.05. The zero-order chi connectivity index (χ0) is 13.0. The lowest BCUT2D eigenvalue weighted by molar-refractivity contribution is 0.354. The molecule has 2 N–H and O–H groups in total. The van der Waals surface area contributed by atoms with Gasteiger partial charge in [0.25, 0.3) is 0 Å². The van der Waals surface area contributed by atoms with Crippen LogP contribution < -0.4 is 15.2 Å². The van der Waals surface area contributed by atoms with Crippen LogP contribution in [-0.4, -0.2) is 25.3 Å². The van der Waals surface area contributed by atoms with Gasteiger partial charge in [-0.05, 0) is 29.8 Å². The van der Waals surface area contributed by atoms with Crippen molar-refractivity contribution >= 4 is 0 Å². The van der Waals surface area contributed by atoms with E-state index in [-0.39, 0.29) is 6.04 Å². The second kappa shape index (κ2) is 5.60. The molecule has 2 aromatic rings. The molecule has 0 radical (unpaired) electrons. The lowest BCUT2D eigenvalue weighted by atomic mass is 10.1. The van der Waals surface area contributed by atoms with Gasteiger partial charge in [0.15, 0.2) is 11.5 Å². The van der Waals surface area contributed by atoms with Crippen LogP contribution in [0.2, 0.25) is 0 Å². The largest absolute Gasteiger partial charge is 0.493 e.